The minimum Gasteiger partial charge on any atom is -0.366 e. The molecule has 138 valence electrons. The summed E-state index contributed by atoms with van der Waals surface area (Å²) in [7, 11) is 0. The molecule has 1 atom stereocenters. The van der Waals surface area contributed by atoms with E-state index >= 15 is 0 Å². The van der Waals surface area contributed by atoms with Gasteiger partial charge in [0, 0.05) is 25.2 Å². The molecule has 1 aliphatic rings. The molecule has 5 nitrogen and oxygen atoms in total. The van der Waals surface area contributed by atoms with Crippen LogP contribution in [0.25, 0.3) is 0 Å². The monoisotopic (exact) mass is 344 g/mol. The summed E-state index contributed by atoms with van der Waals surface area (Å²) in [6, 6.07) is 7.40. The van der Waals surface area contributed by atoms with Gasteiger partial charge in [-0.3, -0.25) is 4.79 Å². The van der Waals surface area contributed by atoms with E-state index in [-0.39, 0.29) is 0 Å². The lowest BCUT2D eigenvalue weighted by molar-refractivity contribution is 0.1000. The molecule has 0 aliphatic carbocycles. The Morgan fingerprint density at radius 3 is 2.76 bits per heavy atom. The van der Waals surface area contributed by atoms with E-state index in [1.807, 2.05) is 18.2 Å². The van der Waals surface area contributed by atoms with Gasteiger partial charge in [0.1, 0.15) is 0 Å². The van der Waals surface area contributed by atoms with Gasteiger partial charge in [-0.1, -0.05) is 38.8 Å². The zero-order valence-corrected chi connectivity index (χ0v) is 15.8. The van der Waals surface area contributed by atoms with Crippen molar-refractivity contribution in [2.24, 2.45) is 22.6 Å². The number of likely N-dealkylation sites (tertiary alicyclic amines) is 1. The zero-order valence-electron chi connectivity index (χ0n) is 15.8. The molecule has 1 saturated heterocycles. The van der Waals surface area contributed by atoms with E-state index < -0.39 is 5.91 Å². The summed E-state index contributed by atoms with van der Waals surface area (Å²) in [5.41, 5.74) is 6.90. The van der Waals surface area contributed by atoms with Gasteiger partial charge in [-0.25, -0.2) is 4.99 Å². The minimum atomic E-state index is -0.398. The van der Waals surface area contributed by atoms with Crippen LogP contribution in [-0.4, -0.2) is 36.4 Å². The second-order valence-corrected chi connectivity index (χ2v) is 6.81. The Kier molecular flexibility index (Phi) is 7.29. The van der Waals surface area contributed by atoms with Gasteiger partial charge in [0.15, 0.2) is 5.96 Å². The minimum absolute atomic E-state index is 0.398. The Balaban J connectivity index is 2.06. The molecule has 1 fully saturated rings. The summed E-state index contributed by atoms with van der Waals surface area (Å²) in [5, 5.41) is 3.41. The predicted octanol–water partition coefficient (Wildman–Crippen LogP) is 3.01. The lowest BCUT2D eigenvalue weighted by atomic mass is 9.87. The molecule has 1 aromatic carbocycles. The molecule has 1 unspecified atom stereocenters. The molecule has 1 heterocycles. The molecule has 2 rings (SSSR count). The normalized spacial score (nSPS) is 18.0. The SMILES string of the molecule is CCNC(=NCc1cccc(C(N)=O)c1)N1CCC(C(CC)CC)C1. The van der Waals surface area contributed by atoms with Gasteiger partial charge in [0.25, 0.3) is 0 Å². The number of benzene rings is 1. The first kappa shape index (κ1) is 19.3. The predicted molar refractivity (Wildman–Crippen MR) is 104 cm³/mol. The molecule has 25 heavy (non-hydrogen) atoms. The number of primary amides is 1. The third-order valence-electron chi connectivity index (χ3n) is 5.20. The molecule has 1 aliphatic heterocycles. The van der Waals surface area contributed by atoms with Crippen molar-refractivity contribution in [1.82, 2.24) is 10.2 Å². The van der Waals surface area contributed by atoms with Crippen molar-refractivity contribution in [3.63, 3.8) is 0 Å². The van der Waals surface area contributed by atoms with Crippen LogP contribution in [0.2, 0.25) is 0 Å². The molecule has 0 aromatic heterocycles. The molecular weight excluding hydrogens is 312 g/mol. The number of nitrogens with two attached hydrogens (primary N) is 1. The summed E-state index contributed by atoms with van der Waals surface area (Å²) >= 11 is 0. The highest BCUT2D eigenvalue weighted by atomic mass is 16.1. The van der Waals surface area contributed by atoms with Gasteiger partial charge in [-0.15, -0.1) is 0 Å². The molecule has 0 radical (unpaired) electrons. The summed E-state index contributed by atoms with van der Waals surface area (Å²) < 4.78 is 0. The van der Waals surface area contributed by atoms with E-state index in [9.17, 15) is 4.79 Å². The maximum Gasteiger partial charge on any atom is 0.248 e. The van der Waals surface area contributed by atoms with Crippen LogP contribution in [0.15, 0.2) is 29.3 Å². The first-order chi connectivity index (χ1) is 12.1. The standard InChI is InChI=1S/C20H32N4O/c1-4-16(5-2)18-10-11-24(14-18)20(22-6-3)23-13-15-8-7-9-17(12-15)19(21)25/h7-9,12,16,18H,4-6,10-11,13-14H2,1-3H3,(H2,21,25)(H,22,23). The number of nitrogens with one attached hydrogen (secondary N) is 1. The van der Waals surface area contributed by atoms with Crippen LogP contribution in [-0.2, 0) is 6.54 Å². The highest BCUT2D eigenvalue weighted by Gasteiger charge is 2.29. The van der Waals surface area contributed by atoms with E-state index in [1.165, 1.54) is 19.3 Å². The van der Waals surface area contributed by atoms with Crippen molar-refractivity contribution in [2.45, 2.75) is 46.6 Å². The second-order valence-electron chi connectivity index (χ2n) is 6.81. The number of hydrogen-bond acceptors (Lipinski definition) is 2. The lowest BCUT2D eigenvalue weighted by Crippen LogP contribution is -2.40. The molecule has 5 heteroatoms. The Morgan fingerprint density at radius 2 is 2.12 bits per heavy atom. The third-order valence-corrected chi connectivity index (χ3v) is 5.20. The maximum atomic E-state index is 11.3. The summed E-state index contributed by atoms with van der Waals surface area (Å²) in [6.45, 7) is 10.2. The summed E-state index contributed by atoms with van der Waals surface area (Å²) in [5.74, 6) is 2.14. The number of carbonyl (C=O) groups excluding carboxylic acids is 1. The van der Waals surface area contributed by atoms with E-state index in [0.717, 1.165) is 43.0 Å². The van der Waals surface area contributed by atoms with Gasteiger partial charge in [-0.2, -0.15) is 0 Å². The summed E-state index contributed by atoms with van der Waals surface area (Å²) in [6.07, 6.45) is 3.75. The van der Waals surface area contributed by atoms with Gasteiger partial charge in [0.2, 0.25) is 5.91 Å². The topological polar surface area (TPSA) is 70.7 Å². The Morgan fingerprint density at radius 1 is 1.36 bits per heavy atom. The van der Waals surface area contributed by atoms with Crippen LogP contribution < -0.4 is 11.1 Å². The fourth-order valence-electron chi connectivity index (χ4n) is 3.73. The Hall–Kier alpha value is -2.04. The molecular formula is C20H32N4O. The first-order valence-electron chi connectivity index (χ1n) is 9.50. The lowest BCUT2D eigenvalue weighted by Gasteiger charge is -2.24. The van der Waals surface area contributed by atoms with E-state index in [0.29, 0.717) is 12.1 Å². The van der Waals surface area contributed by atoms with Crippen molar-refractivity contribution in [1.29, 1.82) is 0 Å². The smallest absolute Gasteiger partial charge is 0.248 e. The molecule has 1 amide bonds. The van der Waals surface area contributed by atoms with Crippen LogP contribution >= 0.6 is 0 Å². The number of hydrogen-bond donors (Lipinski definition) is 2. The summed E-state index contributed by atoms with van der Waals surface area (Å²) in [4.78, 5) is 18.5. The number of guanidine groups is 1. The van der Waals surface area contributed by atoms with Gasteiger partial charge < -0.3 is 16.0 Å². The van der Waals surface area contributed by atoms with Gasteiger partial charge in [-0.05, 0) is 42.9 Å². The highest BCUT2D eigenvalue weighted by molar-refractivity contribution is 5.92. The van der Waals surface area contributed by atoms with Crippen molar-refractivity contribution < 1.29 is 4.79 Å². The zero-order chi connectivity index (χ0) is 18.2. The number of carbonyl (C=O) groups is 1. The fourth-order valence-corrected chi connectivity index (χ4v) is 3.73. The fraction of sp³-hybridized carbons (Fsp3) is 0.600. The van der Waals surface area contributed by atoms with Gasteiger partial charge >= 0.3 is 0 Å². The third kappa shape index (κ3) is 5.21. The van der Waals surface area contributed by atoms with Crippen molar-refractivity contribution in [3.8, 4) is 0 Å². The van der Waals surface area contributed by atoms with Crippen LogP contribution in [0.1, 0.15) is 56.0 Å². The van der Waals surface area contributed by atoms with E-state index in [2.05, 4.69) is 31.0 Å². The van der Waals surface area contributed by atoms with Crippen molar-refractivity contribution in [3.05, 3.63) is 35.4 Å². The van der Waals surface area contributed by atoms with Crippen LogP contribution in [0, 0.1) is 11.8 Å². The molecule has 0 bridgehead atoms. The largest absolute Gasteiger partial charge is 0.366 e. The molecule has 1 aromatic rings. The van der Waals surface area contributed by atoms with E-state index in [4.69, 9.17) is 10.7 Å². The van der Waals surface area contributed by atoms with E-state index in [1.54, 1.807) is 6.07 Å². The number of aliphatic imine (C=N–C) groups is 1. The Bertz CT molecular complexity index is 595. The second kappa shape index (κ2) is 9.44. The average Bonchev–Trinajstić information content (AvgIpc) is 3.09. The Labute approximate surface area is 151 Å². The average molecular weight is 345 g/mol. The quantitative estimate of drug-likeness (QED) is 0.590. The van der Waals surface area contributed by atoms with Gasteiger partial charge in [0.05, 0.1) is 6.54 Å². The van der Waals surface area contributed by atoms with Crippen LogP contribution in [0.3, 0.4) is 0 Å². The molecule has 0 saturated carbocycles. The highest BCUT2D eigenvalue weighted by Crippen LogP contribution is 2.28. The van der Waals surface area contributed by atoms with Crippen molar-refractivity contribution in [2.75, 3.05) is 19.6 Å². The molecule has 0 spiro atoms. The maximum absolute atomic E-state index is 11.3. The number of rotatable bonds is 7. The number of nitrogens with zero attached hydrogens (tertiary/aromatic N) is 2. The number of amides is 1. The van der Waals surface area contributed by atoms with Crippen molar-refractivity contribution >= 4 is 11.9 Å². The first-order valence-corrected chi connectivity index (χ1v) is 9.50. The van der Waals surface area contributed by atoms with Crippen LogP contribution in [0.4, 0.5) is 0 Å². The molecule has 3 N–H and O–H groups in total. The van der Waals surface area contributed by atoms with Crippen LogP contribution in [0.5, 0.6) is 0 Å².